The van der Waals surface area contributed by atoms with Crippen molar-refractivity contribution in [3.8, 4) is 5.75 Å². The highest BCUT2D eigenvalue weighted by molar-refractivity contribution is 14.0. The van der Waals surface area contributed by atoms with Crippen molar-refractivity contribution in [2.24, 2.45) is 4.99 Å². The van der Waals surface area contributed by atoms with Crippen LogP contribution in [0.3, 0.4) is 0 Å². The number of para-hydroxylation sites is 1. The van der Waals surface area contributed by atoms with Gasteiger partial charge in [0.1, 0.15) is 5.75 Å². The molecule has 0 spiro atoms. The average molecular weight is 551 g/mol. The lowest BCUT2D eigenvalue weighted by atomic mass is 9.90. The summed E-state index contributed by atoms with van der Waals surface area (Å²) >= 11 is 0. The van der Waals surface area contributed by atoms with Crippen molar-refractivity contribution < 1.29 is 9.53 Å². The van der Waals surface area contributed by atoms with Gasteiger partial charge in [0.2, 0.25) is 5.91 Å². The molecule has 0 saturated carbocycles. The summed E-state index contributed by atoms with van der Waals surface area (Å²) in [5, 5.41) is 9.71. The molecule has 1 aliphatic rings. The Morgan fingerprint density at radius 2 is 1.91 bits per heavy atom. The van der Waals surface area contributed by atoms with Crippen LogP contribution in [0, 0.1) is 0 Å². The van der Waals surface area contributed by atoms with E-state index in [2.05, 4.69) is 53.1 Å². The first kappa shape index (κ1) is 25.9. The number of hydrogen-bond donors (Lipinski definition) is 3. The van der Waals surface area contributed by atoms with E-state index in [1.165, 1.54) is 5.56 Å². The predicted octanol–water partition coefficient (Wildman–Crippen LogP) is 3.60. The quantitative estimate of drug-likeness (QED) is 0.266. The van der Waals surface area contributed by atoms with Crippen LogP contribution >= 0.6 is 24.0 Å². The third-order valence-corrected chi connectivity index (χ3v) is 5.51. The van der Waals surface area contributed by atoms with Gasteiger partial charge in [-0.3, -0.25) is 9.79 Å². The van der Waals surface area contributed by atoms with E-state index < -0.39 is 0 Å². The minimum absolute atomic E-state index is 0. The zero-order chi connectivity index (χ0) is 22.2. The number of aliphatic imine (C=N–C) groups is 1. The molecule has 0 aromatic heterocycles. The van der Waals surface area contributed by atoms with Crippen molar-refractivity contribution >= 4 is 41.5 Å². The van der Waals surface area contributed by atoms with Crippen LogP contribution in [0.5, 0.6) is 5.75 Å². The van der Waals surface area contributed by atoms with Gasteiger partial charge in [-0.25, -0.2) is 0 Å². The Kier molecular flexibility index (Phi) is 10.2. The molecule has 1 aliphatic heterocycles. The molecule has 8 heteroatoms. The number of rotatable bonds is 8. The number of fused-ring (bicyclic) bond motifs is 1. The summed E-state index contributed by atoms with van der Waals surface area (Å²) in [7, 11) is 5.79. The van der Waals surface area contributed by atoms with Crippen molar-refractivity contribution in [2.75, 3.05) is 46.2 Å². The highest BCUT2D eigenvalue weighted by atomic mass is 127. The second kappa shape index (κ2) is 12.6. The third kappa shape index (κ3) is 6.83. The summed E-state index contributed by atoms with van der Waals surface area (Å²) in [4.78, 5) is 19.1. The maximum absolute atomic E-state index is 12.1. The first-order valence-corrected chi connectivity index (χ1v) is 10.7. The van der Waals surface area contributed by atoms with E-state index in [9.17, 15) is 4.79 Å². The van der Waals surface area contributed by atoms with Crippen molar-refractivity contribution in [3.63, 3.8) is 0 Å². The summed E-state index contributed by atoms with van der Waals surface area (Å²) in [6, 6.07) is 16.2. The van der Waals surface area contributed by atoms with E-state index in [1.807, 2.05) is 37.3 Å². The molecular weight excluding hydrogens is 517 g/mol. The van der Waals surface area contributed by atoms with Crippen LogP contribution in [-0.2, 0) is 4.79 Å². The van der Waals surface area contributed by atoms with Crippen molar-refractivity contribution in [1.82, 2.24) is 15.5 Å². The van der Waals surface area contributed by atoms with E-state index >= 15 is 0 Å². The highest BCUT2D eigenvalue weighted by Gasteiger charge is 2.24. The molecule has 1 heterocycles. The van der Waals surface area contributed by atoms with Crippen molar-refractivity contribution in [1.29, 1.82) is 0 Å². The number of carbonyl (C=O) groups is 1. The Bertz CT molecular complexity index is 902. The molecule has 2 aromatic rings. The number of anilines is 1. The first-order chi connectivity index (χ1) is 15.0. The van der Waals surface area contributed by atoms with Crippen LogP contribution in [0.25, 0.3) is 0 Å². The number of halogens is 1. The van der Waals surface area contributed by atoms with Gasteiger partial charge in [0.15, 0.2) is 5.96 Å². The lowest BCUT2D eigenvalue weighted by molar-refractivity contribution is -0.116. The lowest BCUT2D eigenvalue weighted by Crippen LogP contribution is -2.41. The molecule has 0 bridgehead atoms. The molecular formula is C24H34IN5O2. The second-order valence-electron chi connectivity index (χ2n) is 7.89. The molecule has 0 fully saturated rings. The number of nitrogens with one attached hydrogen (secondary N) is 3. The normalized spacial score (nSPS) is 16.5. The zero-order valence-electron chi connectivity index (χ0n) is 19.2. The first-order valence-electron chi connectivity index (χ1n) is 10.7. The van der Waals surface area contributed by atoms with Gasteiger partial charge in [-0.1, -0.05) is 30.3 Å². The van der Waals surface area contributed by atoms with Crippen LogP contribution in [-0.4, -0.2) is 57.6 Å². The Morgan fingerprint density at radius 1 is 1.19 bits per heavy atom. The Hall–Kier alpha value is -2.33. The van der Waals surface area contributed by atoms with Crippen LogP contribution < -0.4 is 20.7 Å². The van der Waals surface area contributed by atoms with Gasteiger partial charge in [-0.15, -0.1) is 24.0 Å². The molecule has 0 radical (unpaired) electrons. The fourth-order valence-corrected chi connectivity index (χ4v) is 3.82. The predicted molar refractivity (Wildman–Crippen MR) is 141 cm³/mol. The zero-order valence-corrected chi connectivity index (χ0v) is 21.6. The summed E-state index contributed by atoms with van der Waals surface area (Å²) in [6.45, 7) is 4.07. The van der Waals surface area contributed by atoms with E-state index in [-0.39, 0.29) is 41.8 Å². The Morgan fingerprint density at radius 3 is 2.56 bits per heavy atom. The van der Waals surface area contributed by atoms with E-state index in [4.69, 9.17) is 9.73 Å². The standard InChI is InChI=1S/C24H33N5O2.HI/c1-5-25-24(26-15-18-14-23(30)28-21-9-7-6-8-20(18)21)27-16-22(29(2)3)17-10-12-19(31-4)13-11-17;/h6-13,18,22H,5,14-16H2,1-4H3,(H,28,30)(H2,25,26,27);1H. The second-order valence-corrected chi connectivity index (χ2v) is 7.89. The van der Waals surface area contributed by atoms with E-state index in [0.717, 1.165) is 29.5 Å². The van der Waals surface area contributed by atoms with Gasteiger partial charge in [0.25, 0.3) is 0 Å². The molecule has 0 saturated heterocycles. The SMILES string of the molecule is CCNC(=NCC(c1ccc(OC)cc1)N(C)C)NCC1CC(=O)Nc2ccccc21.I. The fourth-order valence-electron chi connectivity index (χ4n) is 3.82. The van der Waals surface area contributed by atoms with Gasteiger partial charge in [0, 0.05) is 31.1 Å². The van der Waals surface area contributed by atoms with Crippen molar-refractivity contribution in [3.05, 3.63) is 59.7 Å². The lowest BCUT2D eigenvalue weighted by Gasteiger charge is -2.27. The number of likely N-dealkylation sites (N-methyl/N-ethyl adjacent to an activating group) is 1. The molecule has 2 atom stereocenters. The number of hydrogen-bond acceptors (Lipinski definition) is 4. The summed E-state index contributed by atoms with van der Waals surface area (Å²) in [6.07, 6.45) is 0.468. The maximum atomic E-state index is 12.1. The minimum atomic E-state index is 0. The minimum Gasteiger partial charge on any atom is -0.497 e. The van der Waals surface area contributed by atoms with Gasteiger partial charge in [-0.2, -0.15) is 0 Å². The number of guanidine groups is 1. The Labute approximate surface area is 208 Å². The van der Waals surface area contributed by atoms with Crippen LogP contribution in [0.1, 0.15) is 36.4 Å². The van der Waals surface area contributed by atoms with Crippen LogP contribution in [0.15, 0.2) is 53.5 Å². The topological polar surface area (TPSA) is 78.0 Å². The van der Waals surface area contributed by atoms with Crippen LogP contribution in [0.2, 0.25) is 0 Å². The summed E-state index contributed by atoms with van der Waals surface area (Å²) < 4.78 is 5.27. The molecule has 3 rings (SSSR count). The molecule has 3 N–H and O–H groups in total. The van der Waals surface area contributed by atoms with Crippen LogP contribution in [0.4, 0.5) is 5.69 Å². The van der Waals surface area contributed by atoms with E-state index in [0.29, 0.717) is 19.5 Å². The molecule has 32 heavy (non-hydrogen) atoms. The van der Waals surface area contributed by atoms with E-state index in [1.54, 1.807) is 7.11 Å². The summed E-state index contributed by atoms with van der Waals surface area (Å²) in [5.41, 5.74) is 3.25. The van der Waals surface area contributed by atoms with Gasteiger partial charge in [0.05, 0.1) is 19.7 Å². The molecule has 7 nitrogen and oxygen atoms in total. The average Bonchev–Trinajstić information content (AvgIpc) is 2.77. The largest absolute Gasteiger partial charge is 0.497 e. The number of carbonyl (C=O) groups excluding carboxylic acids is 1. The monoisotopic (exact) mass is 551 g/mol. The molecule has 0 aliphatic carbocycles. The maximum Gasteiger partial charge on any atom is 0.225 e. The highest BCUT2D eigenvalue weighted by Crippen LogP contribution is 2.31. The number of nitrogens with zero attached hydrogens (tertiary/aromatic N) is 2. The number of amides is 1. The summed E-state index contributed by atoms with van der Waals surface area (Å²) in [5.74, 6) is 1.77. The number of benzene rings is 2. The van der Waals surface area contributed by atoms with Gasteiger partial charge < -0.3 is 25.6 Å². The van der Waals surface area contributed by atoms with Gasteiger partial charge >= 0.3 is 0 Å². The van der Waals surface area contributed by atoms with Crippen molar-refractivity contribution in [2.45, 2.75) is 25.3 Å². The molecule has 2 unspecified atom stereocenters. The molecule has 1 amide bonds. The number of methoxy groups -OCH3 is 1. The molecule has 174 valence electrons. The Balaban J connectivity index is 0.00000363. The van der Waals surface area contributed by atoms with Gasteiger partial charge in [-0.05, 0) is 50.3 Å². The number of ether oxygens (including phenoxy) is 1. The molecule has 2 aromatic carbocycles. The smallest absolute Gasteiger partial charge is 0.225 e. The fraction of sp³-hybridized carbons (Fsp3) is 0.417. The third-order valence-electron chi connectivity index (χ3n) is 5.51.